The lowest BCUT2D eigenvalue weighted by Gasteiger charge is -2.06. The number of thiazole rings is 1. The fourth-order valence-corrected chi connectivity index (χ4v) is 2.67. The van der Waals surface area contributed by atoms with Gasteiger partial charge in [-0.2, -0.15) is 4.39 Å². The van der Waals surface area contributed by atoms with Gasteiger partial charge < -0.3 is 5.32 Å². The van der Waals surface area contributed by atoms with Gasteiger partial charge in [-0.3, -0.25) is 19.3 Å². The zero-order chi connectivity index (χ0) is 15.7. The van der Waals surface area contributed by atoms with Gasteiger partial charge in [0.05, 0.1) is 17.2 Å². The molecule has 2 heterocycles. The van der Waals surface area contributed by atoms with E-state index in [0.29, 0.717) is 16.3 Å². The fraction of sp³-hybridized carbons (Fsp3) is 0.0769. The van der Waals surface area contributed by atoms with E-state index in [-0.39, 0.29) is 12.1 Å². The molecule has 112 valence electrons. The number of rotatable bonds is 4. The quantitative estimate of drug-likeness (QED) is 0.589. The number of nitro groups is 1. The van der Waals surface area contributed by atoms with Crippen LogP contribution in [0.3, 0.4) is 0 Å². The van der Waals surface area contributed by atoms with Crippen molar-refractivity contribution in [3.63, 3.8) is 0 Å². The normalized spacial score (nSPS) is 10.8. The first-order valence-electron chi connectivity index (χ1n) is 6.18. The zero-order valence-electron chi connectivity index (χ0n) is 11.0. The lowest BCUT2D eigenvalue weighted by Crippen LogP contribution is -2.14. The third-order valence-electron chi connectivity index (χ3n) is 2.97. The van der Waals surface area contributed by atoms with Crippen molar-refractivity contribution in [2.75, 3.05) is 5.32 Å². The summed E-state index contributed by atoms with van der Waals surface area (Å²) in [5.74, 6) is -0.896. The first-order chi connectivity index (χ1) is 10.5. The lowest BCUT2D eigenvalue weighted by molar-refractivity contribution is -0.387. The molecule has 1 aromatic carbocycles. The number of halogens is 1. The number of fused-ring (bicyclic) bond motifs is 1. The van der Waals surface area contributed by atoms with Gasteiger partial charge in [0.15, 0.2) is 4.96 Å². The molecule has 0 aliphatic rings. The monoisotopic (exact) mass is 320 g/mol. The van der Waals surface area contributed by atoms with E-state index >= 15 is 0 Å². The van der Waals surface area contributed by atoms with Crippen LogP contribution in [0, 0.1) is 15.9 Å². The van der Waals surface area contributed by atoms with E-state index in [1.165, 1.54) is 27.9 Å². The van der Waals surface area contributed by atoms with Crippen LogP contribution >= 0.6 is 11.3 Å². The third-order valence-corrected chi connectivity index (χ3v) is 3.73. The van der Waals surface area contributed by atoms with Crippen LogP contribution in [0.25, 0.3) is 4.96 Å². The standard InChI is InChI=1S/C13H9FN4O3S/c14-10-2-1-8(5-11(10)18(20)21)15-7-9-6-12(19)17-3-4-22-13(17)16-9/h1-6,15H,7H2. The molecule has 0 bridgehead atoms. The summed E-state index contributed by atoms with van der Waals surface area (Å²) >= 11 is 1.33. The maximum absolute atomic E-state index is 13.3. The Morgan fingerprint density at radius 1 is 1.41 bits per heavy atom. The van der Waals surface area contributed by atoms with Crippen LogP contribution < -0.4 is 10.9 Å². The largest absolute Gasteiger partial charge is 0.379 e. The Morgan fingerprint density at radius 3 is 3.00 bits per heavy atom. The van der Waals surface area contributed by atoms with Gasteiger partial charge in [0.2, 0.25) is 5.82 Å². The van der Waals surface area contributed by atoms with E-state index in [0.717, 1.165) is 12.1 Å². The summed E-state index contributed by atoms with van der Waals surface area (Å²) in [5, 5.41) is 15.3. The molecule has 3 aromatic rings. The van der Waals surface area contributed by atoms with Crippen LogP contribution in [-0.4, -0.2) is 14.3 Å². The molecule has 0 atom stereocenters. The summed E-state index contributed by atoms with van der Waals surface area (Å²) in [6.07, 6.45) is 1.63. The molecule has 0 aliphatic heterocycles. The third kappa shape index (κ3) is 2.66. The maximum atomic E-state index is 13.3. The van der Waals surface area contributed by atoms with E-state index in [1.807, 2.05) is 0 Å². The smallest absolute Gasteiger partial charge is 0.306 e. The van der Waals surface area contributed by atoms with E-state index < -0.39 is 16.4 Å². The molecule has 2 aromatic heterocycles. The number of hydrogen-bond donors (Lipinski definition) is 1. The number of aromatic nitrogens is 2. The zero-order valence-corrected chi connectivity index (χ0v) is 11.8. The molecule has 7 nitrogen and oxygen atoms in total. The van der Waals surface area contributed by atoms with E-state index in [2.05, 4.69) is 10.3 Å². The van der Waals surface area contributed by atoms with Crippen LogP contribution in [0.1, 0.15) is 5.69 Å². The summed E-state index contributed by atoms with van der Waals surface area (Å²) in [6.45, 7) is 0.201. The number of hydrogen-bond acceptors (Lipinski definition) is 6. The molecule has 1 N–H and O–H groups in total. The van der Waals surface area contributed by atoms with Crippen LogP contribution in [0.5, 0.6) is 0 Å². The average Bonchev–Trinajstić information content (AvgIpc) is 2.95. The van der Waals surface area contributed by atoms with Crippen LogP contribution in [0.2, 0.25) is 0 Å². The molecule has 0 fully saturated rings. The summed E-state index contributed by atoms with van der Waals surface area (Å²) in [5.41, 5.74) is 0.0700. The van der Waals surface area contributed by atoms with Gasteiger partial charge in [-0.05, 0) is 12.1 Å². The lowest BCUT2D eigenvalue weighted by atomic mass is 10.2. The highest BCUT2D eigenvalue weighted by Crippen LogP contribution is 2.21. The number of nitrogens with zero attached hydrogens (tertiary/aromatic N) is 3. The maximum Gasteiger partial charge on any atom is 0.306 e. The Labute approximate surface area is 126 Å². The molecule has 22 heavy (non-hydrogen) atoms. The molecule has 0 amide bonds. The Kier molecular flexibility index (Phi) is 3.55. The minimum absolute atomic E-state index is 0.201. The van der Waals surface area contributed by atoms with E-state index in [4.69, 9.17) is 0 Å². The fourth-order valence-electron chi connectivity index (χ4n) is 1.93. The van der Waals surface area contributed by atoms with Crippen LogP contribution in [0.15, 0.2) is 40.6 Å². The predicted octanol–water partition coefficient (Wildman–Crippen LogP) is 2.42. The second kappa shape index (κ2) is 5.53. The van der Waals surface area contributed by atoms with Gasteiger partial charge in [-0.1, -0.05) is 0 Å². The van der Waals surface area contributed by atoms with Gasteiger partial charge in [-0.25, -0.2) is 4.98 Å². The van der Waals surface area contributed by atoms with Gasteiger partial charge in [0, 0.05) is 29.4 Å². The molecule has 0 radical (unpaired) electrons. The van der Waals surface area contributed by atoms with Crippen molar-refractivity contribution < 1.29 is 9.31 Å². The predicted molar refractivity (Wildman–Crippen MR) is 79.7 cm³/mol. The van der Waals surface area contributed by atoms with Crippen molar-refractivity contribution in [2.45, 2.75) is 6.54 Å². The number of benzene rings is 1. The Balaban J connectivity index is 1.83. The van der Waals surface area contributed by atoms with Gasteiger partial charge in [0.1, 0.15) is 0 Å². The van der Waals surface area contributed by atoms with Crippen LogP contribution in [-0.2, 0) is 6.54 Å². The van der Waals surface area contributed by atoms with Crippen molar-refractivity contribution in [1.82, 2.24) is 9.38 Å². The summed E-state index contributed by atoms with van der Waals surface area (Å²) in [6, 6.07) is 4.89. The topological polar surface area (TPSA) is 89.5 Å². The summed E-state index contributed by atoms with van der Waals surface area (Å²) in [4.78, 5) is 26.6. The van der Waals surface area contributed by atoms with Crippen molar-refractivity contribution in [3.05, 3.63) is 67.8 Å². The van der Waals surface area contributed by atoms with Gasteiger partial charge in [-0.15, -0.1) is 11.3 Å². The molecule has 0 saturated heterocycles. The molecule has 9 heteroatoms. The van der Waals surface area contributed by atoms with Gasteiger partial charge in [0.25, 0.3) is 5.56 Å². The van der Waals surface area contributed by atoms with Crippen molar-refractivity contribution >= 4 is 27.7 Å². The highest BCUT2D eigenvalue weighted by Gasteiger charge is 2.14. The van der Waals surface area contributed by atoms with Crippen molar-refractivity contribution in [1.29, 1.82) is 0 Å². The Bertz CT molecular complexity index is 921. The minimum Gasteiger partial charge on any atom is -0.379 e. The molecular weight excluding hydrogens is 311 g/mol. The summed E-state index contributed by atoms with van der Waals surface area (Å²) in [7, 11) is 0. The highest BCUT2D eigenvalue weighted by atomic mass is 32.1. The second-order valence-electron chi connectivity index (χ2n) is 4.42. The number of anilines is 1. The number of nitrogens with one attached hydrogen (secondary N) is 1. The number of nitro benzene ring substituents is 1. The molecule has 0 aliphatic carbocycles. The molecule has 0 unspecified atom stereocenters. The van der Waals surface area contributed by atoms with E-state index in [9.17, 15) is 19.3 Å². The first kappa shape index (κ1) is 14.1. The Hall–Kier alpha value is -2.81. The van der Waals surface area contributed by atoms with Gasteiger partial charge >= 0.3 is 5.69 Å². The van der Waals surface area contributed by atoms with E-state index in [1.54, 1.807) is 11.6 Å². The molecule has 0 spiro atoms. The Morgan fingerprint density at radius 2 is 2.23 bits per heavy atom. The SMILES string of the molecule is O=c1cc(CNc2ccc(F)c([N+](=O)[O-])c2)nc2sccn12. The van der Waals surface area contributed by atoms with Crippen molar-refractivity contribution in [2.24, 2.45) is 0 Å². The molecular formula is C13H9FN4O3S. The minimum atomic E-state index is -0.896. The second-order valence-corrected chi connectivity index (χ2v) is 5.29. The first-order valence-corrected chi connectivity index (χ1v) is 7.06. The summed E-state index contributed by atoms with van der Waals surface area (Å²) < 4.78 is 14.7. The van der Waals surface area contributed by atoms with Crippen molar-refractivity contribution in [3.8, 4) is 0 Å². The average molecular weight is 320 g/mol. The molecule has 0 saturated carbocycles. The molecule has 3 rings (SSSR count). The van der Waals surface area contributed by atoms with Crippen LogP contribution in [0.4, 0.5) is 15.8 Å². The highest BCUT2D eigenvalue weighted by molar-refractivity contribution is 7.15.